The summed E-state index contributed by atoms with van der Waals surface area (Å²) in [4.78, 5) is 8.13. The molecule has 126 valence electrons. The van der Waals surface area contributed by atoms with E-state index in [0.717, 1.165) is 36.8 Å². The number of hydrogen-bond donors (Lipinski definition) is 0. The van der Waals surface area contributed by atoms with Crippen LogP contribution < -0.4 is 4.74 Å². The third-order valence-corrected chi connectivity index (χ3v) is 4.82. The van der Waals surface area contributed by atoms with E-state index in [1.807, 2.05) is 6.07 Å². The van der Waals surface area contributed by atoms with Crippen LogP contribution in [0.2, 0.25) is 0 Å². The smallest absolute Gasteiger partial charge is 0.119 e. The summed E-state index contributed by atoms with van der Waals surface area (Å²) < 4.78 is 5.93. The number of unbranched alkanes of at least 4 members (excludes halogenated alkanes) is 2. The van der Waals surface area contributed by atoms with Gasteiger partial charge in [0.15, 0.2) is 0 Å². The molecular weight excluding hydrogens is 304 g/mol. The van der Waals surface area contributed by atoms with E-state index in [9.17, 15) is 0 Å². The fourth-order valence-electron chi connectivity index (χ4n) is 2.56. The lowest BCUT2D eigenvalue weighted by atomic mass is 10.1. The molecule has 0 bridgehead atoms. The van der Waals surface area contributed by atoms with E-state index in [0.29, 0.717) is 0 Å². The second-order valence-corrected chi connectivity index (χ2v) is 7.31. The minimum Gasteiger partial charge on any atom is -0.494 e. The van der Waals surface area contributed by atoms with Crippen LogP contribution in [0.25, 0.3) is 10.4 Å². The van der Waals surface area contributed by atoms with Crippen LogP contribution in [0.15, 0.2) is 24.3 Å². The van der Waals surface area contributed by atoms with Crippen LogP contribution >= 0.6 is 11.3 Å². The van der Waals surface area contributed by atoms with Gasteiger partial charge in [-0.05, 0) is 70.9 Å². The van der Waals surface area contributed by atoms with E-state index < -0.39 is 0 Å². The maximum Gasteiger partial charge on any atom is 0.119 e. The first kappa shape index (κ1) is 18.0. The van der Waals surface area contributed by atoms with Crippen molar-refractivity contribution < 1.29 is 4.74 Å². The zero-order valence-corrected chi connectivity index (χ0v) is 15.6. The topological polar surface area (TPSA) is 25.4 Å². The van der Waals surface area contributed by atoms with Gasteiger partial charge in [0.2, 0.25) is 0 Å². The fourth-order valence-corrected chi connectivity index (χ4v) is 3.56. The zero-order valence-electron chi connectivity index (χ0n) is 14.8. The van der Waals surface area contributed by atoms with E-state index >= 15 is 0 Å². The van der Waals surface area contributed by atoms with E-state index in [1.54, 1.807) is 11.3 Å². The average Bonchev–Trinajstić information content (AvgIpc) is 2.92. The molecule has 2 aromatic rings. The Balaban J connectivity index is 1.90. The summed E-state index contributed by atoms with van der Waals surface area (Å²) in [5.41, 5.74) is 2.41. The number of rotatable bonds is 9. The van der Waals surface area contributed by atoms with Gasteiger partial charge in [0.25, 0.3) is 0 Å². The number of benzene rings is 1. The highest BCUT2D eigenvalue weighted by Gasteiger charge is 2.10. The molecule has 0 amide bonds. The highest BCUT2D eigenvalue weighted by atomic mass is 32.1. The summed E-state index contributed by atoms with van der Waals surface area (Å²) in [5, 5.41) is 1.13. The zero-order chi connectivity index (χ0) is 16.7. The standard InChI is InChI=1S/C19H28N2OS/c1-5-18-19(23-15(2)20-18)16-10-9-11-17(14-16)22-13-8-6-7-12-21(3)4/h9-11,14H,5-8,12-13H2,1-4H3. The SMILES string of the molecule is CCc1nc(C)sc1-c1cccc(OCCCCCN(C)C)c1. The lowest BCUT2D eigenvalue weighted by molar-refractivity contribution is 0.299. The van der Waals surface area contributed by atoms with Crippen LogP contribution in [0.5, 0.6) is 5.75 Å². The normalized spacial score (nSPS) is 11.2. The van der Waals surface area contributed by atoms with Crippen LogP contribution in [0.3, 0.4) is 0 Å². The van der Waals surface area contributed by atoms with Crippen molar-refractivity contribution in [2.75, 3.05) is 27.2 Å². The van der Waals surface area contributed by atoms with Gasteiger partial charge in [-0.2, -0.15) is 0 Å². The molecule has 0 radical (unpaired) electrons. The average molecular weight is 333 g/mol. The van der Waals surface area contributed by atoms with Crippen LogP contribution in [0.4, 0.5) is 0 Å². The molecule has 0 saturated heterocycles. The van der Waals surface area contributed by atoms with Crippen LogP contribution in [-0.2, 0) is 6.42 Å². The van der Waals surface area contributed by atoms with Crippen molar-refractivity contribution in [2.45, 2.75) is 39.5 Å². The molecule has 0 spiro atoms. The number of aryl methyl sites for hydroxylation is 2. The maximum absolute atomic E-state index is 5.93. The summed E-state index contributed by atoms with van der Waals surface area (Å²) in [7, 11) is 4.24. The maximum atomic E-state index is 5.93. The molecule has 0 aliphatic carbocycles. The third kappa shape index (κ3) is 5.63. The molecule has 0 fully saturated rings. The van der Waals surface area contributed by atoms with Gasteiger partial charge in [-0.25, -0.2) is 4.98 Å². The van der Waals surface area contributed by atoms with Gasteiger partial charge in [-0.15, -0.1) is 11.3 Å². The van der Waals surface area contributed by atoms with E-state index in [-0.39, 0.29) is 0 Å². The highest BCUT2D eigenvalue weighted by molar-refractivity contribution is 7.15. The van der Waals surface area contributed by atoms with Crippen molar-refractivity contribution in [1.29, 1.82) is 0 Å². The molecule has 0 aliphatic heterocycles. The van der Waals surface area contributed by atoms with Crippen molar-refractivity contribution in [3.05, 3.63) is 35.0 Å². The molecule has 4 heteroatoms. The monoisotopic (exact) mass is 332 g/mol. The van der Waals surface area contributed by atoms with E-state index in [1.165, 1.54) is 29.0 Å². The highest BCUT2D eigenvalue weighted by Crippen LogP contribution is 2.32. The molecule has 1 aromatic heterocycles. The summed E-state index contributed by atoms with van der Waals surface area (Å²) >= 11 is 1.77. The Labute approximate surface area is 144 Å². The Morgan fingerprint density at radius 1 is 1.17 bits per heavy atom. The Morgan fingerprint density at radius 3 is 2.74 bits per heavy atom. The molecule has 1 heterocycles. The Morgan fingerprint density at radius 2 is 2.00 bits per heavy atom. The first-order valence-corrected chi connectivity index (χ1v) is 9.26. The summed E-state index contributed by atoms with van der Waals surface area (Å²) in [6, 6.07) is 8.41. The molecule has 0 atom stereocenters. The molecule has 3 nitrogen and oxygen atoms in total. The lowest BCUT2D eigenvalue weighted by Gasteiger charge is -2.10. The molecule has 23 heavy (non-hydrogen) atoms. The number of aromatic nitrogens is 1. The van der Waals surface area contributed by atoms with E-state index in [2.05, 4.69) is 56.0 Å². The summed E-state index contributed by atoms with van der Waals surface area (Å²) in [5.74, 6) is 0.961. The Bertz CT molecular complexity index is 607. The second-order valence-electron chi connectivity index (χ2n) is 6.10. The van der Waals surface area contributed by atoms with Crippen molar-refractivity contribution in [1.82, 2.24) is 9.88 Å². The Kier molecular flexibility index (Phi) is 7.06. The number of thiazole rings is 1. The van der Waals surface area contributed by atoms with Gasteiger partial charge in [-0.1, -0.05) is 19.1 Å². The van der Waals surface area contributed by atoms with Crippen molar-refractivity contribution in [2.24, 2.45) is 0 Å². The predicted molar refractivity (Wildman–Crippen MR) is 99.6 cm³/mol. The quantitative estimate of drug-likeness (QED) is 0.617. The lowest BCUT2D eigenvalue weighted by Crippen LogP contribution is -2.13. The summed E-state index contributed by atoms with van der Waals surface area (Å²) in [6.07, 6.45) is 4.52. The van der Waals surface area contributed by atoms with Crippen molar-refractivity contribution in [3.8, 4) is 16.2 Å². The minimum atomic E-state index is 0.791. The predicted octanol–water partition coefficient (Wildman–Crippen LogP) is 4.79. The number of nitrogens with zero attached hydrogens (tertiary/aromatic N) is 2. The van der Waals surface area contributed by atoms with Crippen LogP contribution in [0.1, 0.15) is 36.9 Å². The molecular formula is C19H28N2OS. The molecule has 0 N–H and O–H groups in total. The van der Waals surface area contributed by atoms with Gasteiger partial charge >= 0.3 is 0 Å². The number of hydrogen-bond acceptors (Lipinski definition) is 4. The first-order chi connectivity index (χ1) is 11.1. The molecule has 0 unspecified atom stereocenters. The minimum absolute atomic E-state index is 0.791. The summed E-state index contributed by atoms with van der Waals surface area (Å²) in [6.45, 7) is 6.17. The van der Waals surface area contributed by atoms with Gasteiger partial charge in [0, 0.05) is 0 Å². The third-order valence-electron chi connectivity index (χ3n) is 3.75. The first-order valence-electron chi connectivity index (χ1n) is 8.44. The van der Waals surface area contributed by atoms with Gasteiger partial charge in [-0.3, -0.25) is 0 Å². The van der Waals surface area contributed by atoms with Gasteiger partial charge in [0.1, 0.15) is 5.75 Å². The molecule has 0 saturated carbocycles. The van der Waals surface area contributed by atoms with E-state index in [4.69, 9.17) is 4.74 Å². The molecule has 1 aromatic carbocycles. The van der Waals surface area contributed by atoms with Crippen LogP contribution in [0, 0.1) is 6.92 Å². The Hall–Kier alpha value is -1.39. The largest absolute Gasteiger partial charge is 0.494 e. The van der Waals surface area contributed by atoms with Crippen molar-refractivity contribution in [3.63, 3.8) is 0 Å². The van der Waals surface area contributed by atoms with Crippen LogP contribution in [-0.4, -0.2) is 37.1 Å². The van der Waals surface area contributed by atoms with Gasteiger partial charge < -0.3 is 9.64 Å². The van der Waals surface area contributed by atoms with Crippen molar-refractivity contribution >= 4 is 11.3 Å². The molecule has 2 rings (SSSR count). The fraction of sp³-hybridized carbons (Fsp3) is 0.526. The molecule has 0 aliphatic rings. The number of ether oxygens (including phenoxy) is 1. The van der Waals surface area contributed by atoms with Gasteiger partial charge in [0.05, 0.1) is 22.2 Å². The second kappa shape index (κ2) is 9.04.